The van der Waals surface area contributed by atoms with Crippen LogP contribution < -0.4 is 15.5 Å². The molecule has 0 saturated heterocycles. The van der Waals surface area contributed by atoms with Gasteiger partial charge >= 0.3 is 5.97 Å². The molecule has 0 aliphatic carbocycles. The monoisotopic (exact) mass is 333 g/mol. The highest BCUT2D eigenvalue weighted by molar-refractivity contribution is 6.37. The number of hydrogen-bond donors (Lipinski definition) is 2. The molecule has 0 aromatic heterocycles. The van der Waals surface area contributed by atoms with E-state index in [0.717, 1.165) is 0 Å². The van der Waals surface area contributed by atoms with E-state index in [1.807, 2.05) is 6.92 Å². The molecule has 0 saturated carbocycles. The minimum absolute atomic E-state index is 0.0870. The topological polar surface area (TPSA) is 106 Å². The third-order valence-corrected chi connectivity index (χ3v) is 3.24. The van der Waals surface area contributed by atoms with Crippen molar-refractivity contribution in [2.75, 3.05) is 11.9 Å². The molecule has 1 atom stereocenters. The van der Waals surface area contributed by atoms with Crippen molar-refractivity contribution in [2.24, 2.45) is 5.10 Å². The number of nitrogens with one attached hydrogen (secondary N) is 2. The molecule has 1 aliphatic heterocycles. The van der Waals surface area contributed by atoms with Gasteiger partial charge < -0.3 is 14.8 Å². The molecule has 2 amide bonds. The maximum Gasteiger partial charge on any atom is 0.355 e. The molecule has 24 heavy (non-hydrogen) atoms. The van der Waals surface area contributed by atoms with E-state index in [0.29, 0.717) is 18.0 Å². The molecule has 2 N–H and O–H groups in total. The Morgan fingerprint density at radius 3 is 2.75 bits per heavy atom. The Labute approximate surface area is 139 Å². The highest BCUT2D eigenvalue weighted by Gasteiger charge is 2.24. The second kappa shape index (κ2) is 8.09. The summed E-state index contributed by atoms with van der Waals surface area (Å²) in [6.45, 7) is 3.76. The highest BCUT2D eigenvalue weighted by atomic mass is 16.5. The minimum Gasteiger partial charge on any atom is -0.492 e. The standard InChI is InChI=1S/C16H19N3O5/c1-3-23-13-7-5-4-6-11(13)17-15(21)10(2)24-16(22)12-8-9-14(20)19-18-12/h4-7,10H,3,8-9H2,1-2H3,(H,17,21)(H,19,20)/t10-/m0/s1. The van der Waals surface area contributed by atoms with Gasteiger partial charge in [0.25, 0.3) is 5.91 Å². The van der Waals surface area contributed by atoms with Crippen molar-refractivity contribution in [1.29, 1.82) is 0 Å². The van der Waals surface area contributed by atoms with E-state index in [9.17, 15) is 14.4 Å². The van der Waals surface area contributed by atoms with Crippen LogP contribution in [0.2, 0.25) is 0 Å². The molecule has 0 bridgehead atoms. The molecule has 0 spiro atoms. The normalized spacial score (nSPS) is 14.9. The predicted molar refractivity (Wildman–Crippen MR) is 86.6 cm³/mol. The number of esters is 1. The van der Waals surface area contributed by atoms with Gasteiger partial charge in [0, 0.05) is 12.8 Å². The fourth-order valence-electron chi connectivity index (χ4n) is 1.99. The molecule has 1 heterocycles. The second-order valence-corrected chi connectivity index (χ2v) is 5.06. The third kappa shape index (κ3) is 4.55. The van der Waals surface area contributed by atoms with Crippen molar-refractivity contribution < 1.29 is 23.9 Å². The van der Waals surface area contributed by atoms with E-state index in [1.54, 1.807) is 24.3 Å². The first-order valence-electron chi connectivity index (χ1n) is 7.60. The Kier molecular flexibility index (Phi) is 5.89. The molecule has 8 heteroatoms. The Hall–Kier alpha value is -2.90. The first-order chi connectivity index (χ1) is 11.5. The summed E-state index contributed by atoms with van der Waals surface area (Å²) in [5.74, 6) is -0.942. The van der Waals surface area contributed by atoms with Crippen LogP contribution in [0.15, 0.2) is 29.4 Å². The number of benzene rings is 1. The van der Waals surface area contributed by atoms with E-state index in [4.69, 9.17) is 9.47 Å². The van der Waals surface area contributed by atoms with Crippen molar-refractivity contribution in [2.45, 2.75) is 32.8 Å². The molecule has 2 rings (SSSR count). The van der Waals surface area contributed by atoms with Crippen molar-refractivity contribution in [1.82, 2.24) is 5.43 Å². The lowest BCUT2D eigenvalue weighted by Gasteiger charge is -2.17. The molecular formula is C16H19N3O5. The van der Waals surface area contributed by atoms with Gasteiger partial charge in [0.2, 0.25) is 5.91 Å². The lowest BCUT2D eigenvalue weighted by molar-refractivity contribution is -0.146. The summed E-state index contributed by atoms with van der Waals surface area (Å²) in [6, 6.07) is 6.97. The third-order valence-electron chi connectivity index (χ3n) is 3.24. The number of para-hydroxylation sites is 2. The number of rotatable bonds is 6. The maximum atomic E-state index is 12.2. The van der Waals surface area contributed by atoms with Gasteiger partial charge in [-0.3, -0.25) is 9.59 Å². The molecule has 1 aromatic carbocycles. The molecule has 0 radical (unpaired) electrons. The van der Waals surface area contributed by atoms with E-state index < -0.39 is 18.0 Å². The number of hydrogen-bond acceptors (Lipinski definition) is 6. The second-order valence-electron chi connectivity index (χ2n) is 5.06. The molecular weight excluding hydrogens is 314 g/mol. The van der Waals surface area contributed by atoms with Crippen molar-refractivity contribution in [3.8, 4) is 5.75 Å². The van der Waals surface area contributed by atoms with Gasteiger partial charge in [-0.1, -0.05) is 12.1 Å². The number of carbonyl (C=O) groups is 3. The average Bonchev–Trinajstić information content (AvgIpc) is 2.57. The van der Waals surface area contributed by atoms with Gasteiger partial charge in [0.1, 0.15) is 11.5 Å². The fraction of sp³-hybridized carbons (Fsp3) is 0.375. The molecule has 1 aromatic rings. The molecule has 1 aliphatic rings. The summed E-state index contributed by atoms with van der Waals surface area (Å²) < 4.78 is 10.5. The summed E-state index contributed by atoms with van der Waals surface area (Å²) in [4.78, 5) is 35.1. The van der Waals surface area contributed by atoms with Gasteiger partial charge in [-0.15, -0.1) is 0 Å². The summed E-state index contributed by atoms with van der Waals surface area (Å²) in [6.07, 6.45) is -0.671. The average molecular weight is 333 g/mol. The van der Waals surface area contributed by atoms with E-state index in [2.05, 4.69) is 15.8 Å². The van der Waals surface area contributed by atoms with Crippen LogP contribution in [0.25, 0.3) is 0 Å². The number of amides is 2. The Bertz CT molecular complexity index is 671. The van der Waals surface area contributed by atoms with Gasteiger partial charge in [-0.2, -0.15) is 5.10 Å². The van der Waals surface area contributed by atoms with Gasteiger partial charge in [-0.25, -0.2) is 10.2 Å². The van der Waals surface area contributed by atoms with Gasteiger partial charge in [0.05, 0.1) is 12.3 Å². The van der Waals surface area contributed by atoms with Crippen molar-refractivity contribution >= 4 is 29.2 Å². The Morgan fingerprint density at radius 1 is 1.33 bits per heavy atom. The minimum atomic E-state index is -1.02. The van der Waals surface area contributed by atoms with Crippen LogP contribution >= 0.6 is 0 Å². The van der Waals surface area contributed by atoms with E-state index in [-0.39, 0.29) is 24.5 Å². The predicted octanol–water partition coefficient (Wildman–Crippen LogP) is 1.22. The first-order valence-corrected chi connectivity index (χ1v) is 7.60. The molecule has 128 valence electrons. The molecule has 0 fully saturated rings. The number of hydrazone groups is 1. The van der Waals surface area contributed by atoms with Crippen LogP contribution in [0.3, 0.4) is 0 Å². The molecule has 8 nitrogen and oxygen atoms in total. The van der Waals surface area contributed by atoms with Crippen LogP contribution in [0.5, 0.6) is 5.75 Å². The zero-order valence-corrected chi connectivity index (χ0v) is 13.5. The van der Waals surface area contributed by atoms with Crippen LogP contribution in [0.1, 0.15) is 26.7 Å². The zero-order valence-electron chi connectivity index (χ0n) is 13.5. The van der Waals surface area contributed by atoms with Gasteiger partial charge in [-0.05, 0) is 26.0 Å². The fourth-order valence-corrected chi connectivity index (χ4v) is 1.99. The Balaban J connectivity index is 1.95. The summed E-state index contributed by atoms with van der Waals surface area (Å²) in [7, 11) is 0. The lowest BCUT2D eigenvalue weighted by Crippen LogP contribution is -2.35. The van der Waals surface area contributed by atoms with Gasteiger partial charge in [0.15, 0.2) is 6.10 Å². The van der Waals surface area contributed by atoms with Crippen molar-refractivity contribution in [3.63, 3.8) is 0 Å². The first kappa shape index (κ1) is 17.5. The zero-order chi connectivity index (χ0) is 17.5. The summed E-state index contributed by atoms with van der Waals surface area (Å²) in [5, 5.41) is 6.30. The van der Waals surface area contributed by atoms with Crippen LogP contribution in [-0.4, -0.2) is 36.2 Å². The molecule has 0 unspecified atom stereocenters. The summed E-state index contributed by atoms with van der Waals surface area (Å²) >= 11 is 0. The van der Waals surface area contributed by atoms with Crippen LogP contribution in [0, 0.1) is 0 Å². The number of anilines is 1. The maximum absolute atomic E-state index is 12.2. The summed E-state index contributed by atoms with van der Waals surface area (Å²) in [5.41, 5.74) is 2.79. The Morgan fingerprint density at radius 2 is 2.08 bits per heavy atom. The number of carbonyl (C=O) groups excluding carboxylic acids is 3. The highest BCUT2D eigenvalue weighted by Crippen LogP contribution is 2.23. The van der Waals surface area contributed by atoms with Crippen molar-refractivity contribution in [3.05, 3.63) is 24.3 Å². The quantitative estimate of drug-likeness (QED) is 0.761. The van der Waals surface area contributed by atoms with E-state index in [1.165, 1.54) is 6.92 Å². The van der Waals surface area contributed by atoms with Crippen LogP contribution in [0.4, 0.5) is 5.69 Å². The lowest BCUT2D eigenvalue weighted by atomic mass is 10.2. The van der Waals surface area contributed by atoms with Crippen LogP contribution in [-0.2, 0) is 19.1 Å². The SMILES string of the molecule is CCOc1ccccc1NC(=O)[C@H](C)OC(=O)C1=NNC(=O)CC1. The number of nitrogens with zero attached hydrogens (tertiary/aromatic N) is 1. The van der Waals surface area contributed by atoms with E-state index >= 15 is 0 Å². The number of ether oxygens (including phenoxy) is 2. The largest absolute Gasteiger partial charge is 0.492 e. The smallest absolute Gasteiger partial charge is 0.355 e.